The smallest absolute Gasteiger partial charge is 0.237 e. The van der Waals surface area contributed by atoms with E-state index in [4.69, 9.17) is 5.73 Å². The molecule has 1 amide bonds. The molecule has 1 saturated carbocycles. The summed E-state index contributed by atoms with van der Waals surface area (Å²) in [6, 6.07) is 0. The summed E-state index contributed by atoms with van der Waals surface area (Å²) in [5.41, 5.74) is 5.37. The Morgan fingerprint density at radius 2 is 1.62 bits per heavy atom. The van der Waals surface area contributed by atoms with Gasteiger partial charge in [-0.25, -0.2) is 0 Å². The lowest BCUT2D eigenvalue weighted by atomic mass is 9.86. The van der Waals surface area contributed by atoms with Crippen molar-refractivity contribution in [1.29, 1.82) is 0 Å². The van der Waals surface area contributed by atoms with Crippen LogP contribution in [0.15, 0.2) is 0 Å². The van der Waals surface area contributed by atoms with E-state index in [-0.39, 0.29) is 11.4 Å². The van der Waals surface area contributed by atoms with Crippen molar-refractivity contribution in [2.24, 2.45) is 5.73 Å². The van der Waals surface area contributed by atoms with Gasteiger partial charge in [0.15, 0.2) is 0 Å². The highest BCUT2D eigenvalue weighted by Crippen LogP contribution is 2.32. The fourth-order valence-corrected chi connectivity index (χ4v) is 3.12. The maximum atomic E-state index is 11.9. The normalized spacial score (nSPS) is 27.2. The van der Waals surface area contributed by atoms with E-state index in [0.29, 0.717) is 0 Å². The Balaban J connectivity index is 2.14. The molecule has 4 nitrogen and oxygen atoms in total. The number of primary amides is 1. The first kappa shape index (κ1) is 11.9. The number of carbonyl (C=O) groups excluding carboxylic acids is 1. The first-order chi connectivity index (χ1) is 7.76. The lowest BCUT2D eigenvalue weighted by Gasteiger charge is -2.43. The molecule has 3 N–H and O–H groups in total. The Labute approximate surface area is 97.6 Å². The molecule has 1 aliphatic heterocycles. The zero-order chi connectivity index (χ0) is 11.4. The van der Waals surface area contributed by atoms with Crippen molar-refractivity contribution >= 4 is 5.91 Å². The number of hydrogen-bond acceptors (Lipinski definition) is 3. The average Bonchev–Trinajstić information content (AvgIpc) is 2.56. The van der Waals surface area contributed by atoms with Crippen LogP contribution >= 0.6 is 0 Å². The van der Waals surface area contributed by atoms with Crippen LogP contribution in [-0.2, 0) is 4.79 Å². The first-order valence-electron chi connectivity index (χ1n) is 6.51. The summed E-state index contributed by atoms with van der Waals surface area (Å²) >= 11 is 0. The van der Waals surface area contributed by atoms with Gasteiger partial charge in [-0.2, -0.15) is 0 Å². The van der Waals surface area contributed by atoms with Crippen molar-refractivity contribution in [2.75, 3.05) is 26.2 Å². The van der Waals surface area contributed by atoms with E-state index in [1.54, 1.807) is 0 Å². The number of piperazine rings is 1. The van der Waals surface area contributed by atoms with Crippen LogP contribution < -0.4 is 11.1 Å². The van der Waals surface area contributed by atoms with Gasteiger partial charge in [0.1, 0.15) is 5.54 Å². The van der Waals surface area contributed by atoms with Gasteiger partial charge in [0.05, 0.1) is 0 Å². The molecule has 1 aliphatic carbocycles. The minimum atomic E-state index is -0.335. The maximum absolute atomic E-state index is 11.9. The zero-order valence-electron chi connectivity index (χ0n) is 10.0. The van der Waals surface area contributed by atoms with E-state index >= 15 is 0 Å². The molecule has 0 aromatic carbocycles. The maximum Gasteiger partial charge on any atom is 0.237 e. The van der Waals surface area contributed by atoms with Crippen molar-refractivity contribution in [3.8, 4) is 0 Å². The van der Waals surface area contributed by atoms with Crippen LogP contribution in [0.25, 0.3) is 0 Å². The Morgan fingerprint density at radius 1 is 1.06 bits per heavy atom. The van der Waals surface area contributed by atoms with Crippen molar-refractivity contribution in [3.63, 3.8) is 0 Å². The molecule has 1 heterocycles. The predicted octanol–water partition coefficient (Wildman–Crippen LogP) is 0.470. The minimum absolute atomic E-state index is 0.101. The molecule has 2 fully saturated rings. The summed E-state index contributed by atoms with van der Waals surface area (Å²) in [6.07, 6.45) is 6.71. The third kappa shape index (κ3) is 2.23. The monoisotopic (exact) mass is 225 g/mol. The molecule has 4 heteroatoms. The predicted molar refractivity (Wildman–Crippen MR) is 64.1 cm³/mol. The molecule has 2 aliphatic rings. The largest absolute Gasteiger partial charge is 0.368 e. The summed E-state index contributed by atoms with van der Waals surface area (Å²) < 4.78 is 0. The molecular formula is C12H23N3O. The van der Waals surface area contributed by atoms with Crippen molar-refractivity contribution in [2.45, 2.75) is 44.1 Å². The van der Waals surface area contributed by atoms with Gasteiger partial charge in [-0.3, -0.25) is 9.69 Å². The van der Waals surface area contributed by atoms with Crippen molar-refractivity contribution in [1.82, 2.24) is 10.2 Å². The number of amides is 1. The number of carbonyl (C=O) groups is 1. The van der Waals surface area contributed by atoms with Crippen LogP contribution in [-0.4, -0.2) is 42.5 Å². The molecule has 0 unspecified atom stereocenters. The number of rotatable bonds is 2. The Morgan fingerprint density at radius 3 is 2.12 bits per heavy atom. The summed E-state index contributed by atoms with van der Waals surface area (Å²) in [5.74, 6) is -0.101. The highest BCUT2D eigenvalue weighted by Gasteiger charge is 2.42. The first-order valence-corrected chi connectivity index (χ1v) is 6.51. The van der Waals surface area contributed by atoms with Crippen LogP contribution in [0.3, 0.4) is 0 Å². The van der Waals surface area contributed by atoms with Gasteiger partial charge in [-0.1, -0.05) is 25.7 Å². The standard InChI is InChI=1S/C12H23N3O/c13-11(16)12(5-3-1-2-4-6-12)15-9-7-14-8-10-15/h14H,1-10H2,(H2,13,16). The molecule has 0 aromatic rings. The molecule has 1 saturated heterocycles. The van der Waals surface area contributed by atoms with Crippen molar-refractivity contribution in [3.05, 3.63) is 0 Å². The topological polar surface area (TPSA) is 58.4 Å². The molecule has 92 valence electrons. The second-order valence-corrected chi connectivity index (χ2v) is 5.05. The molecule has 0 bridgehead atoms. The van der Waals surface area contributed by atoms with Crippen LogP contribution in [0.2, 0.25) is 0 Å². The number of hydrogen-bond donors (Lipinski definition) is 2. The van der Waals surface area contributed by atoms with E-state index in [0.717, 1.165) is 51.9 Å². The number of nitrogens with two attached hydrogens (primary N) is 1. The SMILES string of the molecule is NC(=O)C1(N2CCNCC2)CCCCCC1. The van der Waals surface area contributed by atoms with Crippen LogP contribution in [0.5, 0.6) is 0 Å². The van der Waals surface area contributed by atoms with Gasteiger partial charge >= 0.3 is 0 Å². The third-order valence-corrected chi connectivity index (χ3v) is 4.11. The van der Waals surface area contributed by atoms with E-state index in [1.807, 2.05) is 0 Å². The molecule has 0 radical (unpaired) electrons. The minimum Gasteiger partial charge on any atom is -0.368 e. The van der Waals surface area contributed by atoms with Gasteiger partial charge < -0.3 is 11.1 Å². The Bertz CT molecular complexity index is 241. The fraction of sp³-hybridized carbons (Fsp3) is 0.917. The van der Waals surface area contributed by atoms with Gasteiger partial charge in [-0.15, -0.1) is 0 Å². The van der Waals surface area contributed by atoms with Gasteiger partial charge in [0.25, 0.3) is 0 Å². The molecule has 0 atom stereocenters. The summed E-state index contributed by atoms with van der Waals surface area (Å²) in [4.78, 5) is 14.2. The Kier molecular flexibility index (Phi) is 3.82. The Hall–Kier alpha value is -0.610. The van der Waals surface area contributed by atoms with Gasteiger partial charge in [0.2, 0.25) is 5.91 Å². The van der Waals surface area contributed by atoms with E-state index in [1.165, 1.54) is 12.8 Å². The van der Waals surface area contributed by atoms with Crippen LogP contribution in [0.4, 0.5) is 0 Å². The summed E-state index contributed by atoms with van der Waals surface area (Å²) in [6.45, 7) is 3.88. The third-order valence-electron chi connectivity index (χ3n) is 4.11. The second-order valence-electron chi connectivity index (χ2n) is 5.05. The summed E-state index contributed by atoms with van der Waals surface area (Å²) in [5, 5.41) is 3.33. The van der Waals surface area contributed by atoms with Gasteiger partial charge in [-0.05, 0) is 12.8 Å². The fourth-order valence-electron chi connectivity index (χ4n) is 3.12. The molecule has 0 aromatic heterocycles. The zero-order valence-corrected chi connectivity index (χ0v) is 10.0. The number of nitrogens with zero attached hydrogens (tertiary/aromatic N) is 1. The quantitative estimate of drug-likeness (QED) is 0.672. The molecular weight excluding hydrogens is 202 g/mol. The lowest BCUT2D eigenvalue weighted by Crippen LogP contribution is -2.62. The molecule has 16 heavy (non-hydrogen) atoms. The van der Waals surface area contributed by atoms with E-state index in [2.05, 4.69) is 10.2 Å². The lowest BCUT2D eigenvalue weighted by molar-refractivity contribution is -0.132. The number of nitrogens with one attached hydrogen (secondary N) is 1. The molecule has 0 spiro atoms. The summed E-state index contributed by atoms with van der Waals surface area (Å²) in [7, 11) is 0. The van der Waals surface area contributed by atoms with Crippen LogP contribution in [0.1, 0.15) is 38.5 Å². The highest BCUT2D eigenvalue weighted by molar-refractivity contribution is 5.84. The second kappa shape index (κ2) is 5.15. The van der Waals surface area contributed by atoms with E-state index < -0.39 is 0 Å². The average molecular weight is 225 g/mol. The highest BCUT2D eigenvalue weighted by atomic mass is 16.1. The molecule has 2 rings (SSSR count). The van der Waals surface area contributed by atoms with Gasteiger partial charge in [0, 0.05) is 26.2 Å². The van der Waals surface area contributed by atoms with Crippen LogP contribution in [0, 0.1) is 0 Å². The van der Waals surface area contributed by atoms with E-state index in [9.17, 15) is 4.79 Å². The van der Waals surface area contributed by atoms with Crippen molar-refractivity contribution < 1.29 is 4.79 Å².